The van der Waals surface area contributed by atoms with Crippen molar-refractivity contribution in [2.75, 3.05) is 0 Å². The topological polar surface area (TPSA) is 76.8 Å². The Labute approximate surface area is 106 Å². The Bertz CT molecular complexity index is 649. The Kier molecular flexibility index (Phi) is 2.95. The summed E-state index contributed by atoms with van der Waals surface area (Å²) in [6.45, 7) is 0. The first kappa shape index (κ1) is 11.7. The average molecular weight is 271 g/mol. The number of aromatic amines is 1. The van der Waals surface area contributed by atoms with Crippen LogP contribution in [0.5, 0.6) is 0 Å². The molecule has 2 rings (SSSR count). The molecule has 0 aliphatic heterocycles. The van der Waals surface area contributed by atoms with Crippen LogP contribution in [-0.4, -0.2) is 19.7 Å². The van der Waals surface area contributed by atoms with Crippen molar-refractivity contribution in [3.63, 3.8) is 0 Å². The quantitative estimate of drug-likeness (QED) is 0.517. The second-order valence-corrected chi connectivity index (χ2v) is 4.07. The van der Waals surface area contributed by atoms with Gasteiger partial charge >= 0.3 is 0 Å². The molecular weight excluding hydrogens is 264 g/mol. The van der Waals surface area contributed by atoms with E-state index in [-0.39, 0.29) is 10.7 Å². The Morgan fingerprint density at radius 3 is 2.82 bits per heavy atom. The van der Waals surface area contributed by atoms with Crippen molar-refractivity contribution in [2.24, 2.45) is 7.05 Å². The zero-order chi connectivity index (χ0) is 12.6. The number of nitrogens with one attached hydrogen (secondary N) is 1. The second kappa shape index (κ2) is 4.27. The minimum Gasteiger partial charge on any atom is -0.303 e. The number of hydrogen-bond acceptors (Lipinski definition) is 4. The molecule has 0 bridgehead atoms. The summed E-state index contributed by atoms with van der Waals surface area (Å²) in [4.78, 5) is 10.2. The van der Waals surface area contributed by atoms with Crippen LogP contribution in [0.15, 0.2) is 18.2 Å². The molecule has 1 heterocycles. The highest BCUT2D eigenvalue weighted by atomic mass is 35.5. The lowest BCUT2D eigenvalue weighted by atomic mass is 10.2. The molecule has 6 nitrogen and oxygen atoms in total. The molecular formula is C9H7ClN4O2S. The summed E-state index contributed by atoms with van der Waals surface area (Å²) in [6.07, 6.45) is 0. The monoisotopic (exact) mass is 270 g/mol. The second-order valence-electron chi connectivity index (χ2n) is 3.31. The van der Waals surface area contributed by atoms with E-state index in [1.54, 1.807) is 23.7 Å². The van der Waals surface area contributed by atoms with E-state index < -0.39 is 4.92 Å². The number of rotatable bonds is 2. The third kappa shape index (κ3) is 1.94. The van der Waals surface area contributed by atoms with Gasteiger partial charge in [0, 0.05) is 18.7 Å². The van der Waals surface area contributed by atoms with E-state index in [0.29, 0.717) is 16.2 Å². The molecule has 0 aliphatic rings. The third-order valence-electron chi connectivity index (χ3n) is 2.30. The van der Waals surface area contributed by atoms with E-state index in [1.165, 1.54) is 6.07 Å². The summed E-state index contributed by atoms with van der Waals surface area (Å²) in [7, 11) is 1.70. The standard InChI is InChI=1S/C9H7ClN4O2S/c1-13-8(11-12-9(13)17)5-3-2-4-6(7(5)10)14(15)16/h2-4H,1H3,(H,12,17). The van der Waals surface area contributed by atoms with Gasteiger partial charge in [0.25, 0.3) is 5.69 Å². The van der Waals surface area contributed by atoms with Crippen molar-refractivity contribution >= 4 is 29.5 Å². The van der Waals surface area contributed by atoms with Crippen LogP contribution < -0.4 is 0 Å². The minimum absolute atomic E-state index is 0.0506. The van der Waals surface area contributed by atoms with Crippen molar-refractivity contribution in [1.29, 1.82) is 0 Å². The number of H-pyrrole nitrogens is 1. The molecule has 0 saturated carbocycles. The molecule has 2 aromatic rings. The summed E-state index contributed by atoms with van der Waals surface area (Å²) in [5.74, 6) is 0.462. The van der Waals surface area contributed by atoms with Gasteiger partial charge in [-0.3, -0.25) is 15.2 Å². The van der Waals surface area contributed by atoms with Crippen molar-refractivity contribution in [3.05, 3.63) is 38.1 Å². The van der Waals surface area contributed by atoms with Crippen LogP contribution in [0.25, 0.3) is 11.4 Å². The fourth-order valence-electron chi connectivity index (χ4n) is 1.42. The maximum Gasteiger partial charge on any atom is 0.288 e. The Balaban J connectivity index is 2.69. The average Bonchev–Trinajstić information content (AvgIpc) is 2.60. The first-order valence-corrected chi connectivity index (χ1v) is 5.35. The number of hydrogen-bond donors (Lipinski definition) is 1. The highest BCUT2D eigenvalue weighted by Gasteiger charge is 2.19. The number of nitro benzene ring substituents is 1. The first-order chi connectivity index (χ1) is 8.02. The van der Waals surface area contributed by atoms with Crippen molar-refractivity contribution in [3.8, 4) is 11.4 Å². The molecule has 1 N–H and O–H groups in total. The minimum atomic E-state index is -0.535. The fourth-order valence-corrected chi connectivity index (χ4v) is 1.83. The van der Waals surface area contributed by atoms with Crippen molar-refractivity contribution < 1.29 is 4.92 Å². The van der Waals surface area contributed by atoms with Gasteiger partial charge in [-0.25, -0.2) is 0 Å². The fraction of sp³-hybridized carbons (Fsp3) is 0.111. The normalized spacial score (nSPS) is 10.5. The summed E-state index contributed by atoms with van der Waals surface area (Å²) in [5.41, 5.74) is 0.314. The molecule has 17 heavy (non-hydrogen) atoms. The lowest BCUT2D eigenvalue weighted by Crippen LogP contribution is -1.96. The van der Waals surface area contributed by atoms with Gasteiger partial charge in [0.1, 0.15) is 5.02 Å². The first-order valence-electron chi connectivity index (χ1n) is 4.57. The highest BCUT2D eigenvalue weighted by molar-refractivity contribution is 7.71. The number of nitro groups is 1. The zero-order valence-corrected chi connectivity index (χ0v) is 10.2. The smallest absolute Gasteiger partial charge is 0.288 e. The maximum absolute atomic E-state index is 10.8. The molecule has 1 aromatic carbocycles. The van der Waals surface area contributed by atoms with Gasteiger partial charge in [0.15, 0.2) is 10.6 Å². The van der Waals surface area contributed by atoms with Gasteiger partial charge in [-0.05, 0) is 18.3 Å². The SMILES string of the molecule is Cn1c(-c2cccc([N+](=O)[O-])c2Cl)n[nH]c1=S. The van der Waals surface area contributed by atoms with Crippen LogP contribution in [0.2, 0.25) is 5.02 Å². The number of aromatic nitrogens is 3. The van der Waals surface area contributed by atoms with Gasteiger partial charge in [0.05, 0.1) is 4.92 Å². The van der Waals surface area contributed by atoms with Gasteiger partial charge in [-0.15, -0.1) is 0 Å². The Morgan fingerprint density at radius 2 is 2.29 bits per heavy atom. The molecule has 0 fully saturated rings. The lowest BCUT2D eigenvalue weighted by Gasteiger charge is -2.03. The van der Waals surface area contributed by atoms with Gasteiger partial charge in [0.2, 0.25) is 0 Å². The van der Waals surface area contributed by atoms with E-state index in [9.17, 15) is 10.1 Å². The highest BCUT2D eigenvalue weighted by Crippen LogP contribution is 2.33. The van der Waals surface area contributed by atoms with E-state index in [4.69, 9.17) is 23.8 Å². The zero-order valence-electron chi connectivity index (χ0n) is 8.68. The van der Waals surface area contributed by atoms with Crippen LogP contribution in [0.3, 0.4) is 0 Å². The summed E-state index contributed by atoms with van der Waals surface area (Å²) in [5, 5.41) is 17.4. The van der Waals surface area contributed by atoms with Gasteiger partial charge in [-0.1, -0.05) is 17.7 Å². The van der Waals surface area contributed by atoms with Crippen LogP contribution in [0.4, 0.5) is 5.69 Å². The molecule has 0 aliphatic carbocycles. The van der Waals surface area contributed by atoms with E-state index in [0.717, 1.165) is 0 Å². The van der Waals surface area contributed by atoms with Crippen LogP contribution >= 0.6 is 23.8 Å². The Morgan fingerprint density at radius 1 is 1.59 bits per heavy atom. The molecule has 0 saturated heterocycles. The molecule has 88 valence electrons. The van der Waals surface area contributed by atoms with Crippen LogP contribution in [0.1, 0.15) is 0 Å². The predicted molar refractivity (Wildman–Crippen MR) is 65.5 cm³/mol. The third-order valence-corrected chi connectivity index (χ3v) is 3.06. The van der Waals surface area contributed by atoms with E-state index in [2.05, 4.69) is 10.2 Å². The molecule has 1 aromatic heterocycles. The van der Waals surface area contributed by atoms with Gasteiger partial charge < -0.3 is 4.57 Å². The predicted octanol–water partition coefficient (Wildman–Crippen LogP) is 2.71. The van der Waals surface area contributed by atoms with E-state index in [1.807, 2.05) is 0 Å². The molecule has 0 radical (unpaired) electrons. The van der Waals surface area contributed by atoms with Crippen LogP contribution in [-0.2, 0) is 7.05 Å². The lowest BCUT2D eigenvalue weighted by molar-refractivity contribution is -0.384. The number of nitrogens with zero attached hydrogens (tertiary/aromatic N) is 3. The molecule has 0 atom stereocenters. The number of halogens is 1. The summed E-state index contributed by atoms with van der Waals surface area (Å²) in [6, 6.07) is 4.55. The largest absolute Gasteiger partial charge is 0.303 e. The maximum atomic E-state index is 10.8. The van der Waals surface area contributed by atoms with Crippen molar-refractivity contribution in [2.45, 2.75) is 0 Å². The molecule has 0 spiro atoms. The Hall–Kier alpha value is -1.73. The molecule has 0 unspecified atom stereocenters. The van der Waals surface area contributed by atoms with Gasteiger partial charge in [-0.2, -0.15) is 5.10 Å². The molecule has 8 heteroatoms. The summed E-state index contributed by atoms with van der Waals surface area (Å²) >= 11 is 10.9. The van der Waals surface area contributed by atoms with Crippen molar-refractivity contribution in [1.82, 2.24) is 14.8 Å². The summed E-state index contributed by atoms with van der Waals surface area (Å²) < 4.78 is 2.02. The number of benzene rings is 1. The molecule has 0 amide bonds. The van der Waals surface area contributed by atoms with Crippen LogP contribution in [0, 0.1) is 14.9 Å². The van der Waals surface area contributed by atoms with E-state index >= 15 is 0 Å².